The van der Waals surface area contributed by atoms with Gasteiger partial charge in [-0.3, -0.25) is 14.2 Å². The van der Waals surface area contributed by atoms with Gasteiger partial charge in [0.1, 0.15) is 6.04 Å². The van der Waals surface area contributed by atoms with Crippen LogP contribution in [0.4, 0.5) is 0 Å². The Hall–Kier alpha value is -4.58. The molecule has 0 aliphatic rings. The van der Waals surface area contributed by atoms with Gasteiger partial charge < -0.3 is 19.5 Å². The number of oxazole rings is 1. The number of amides is 2. The highest BCUT2D eigenvalue weighted by molar-refractivity contribution is 5.94. The van der Waals surface area contributed by atoms with Crippen LogP contribution in [0, 0.1) is 11.3 Å². The summed E-state index contributed by atoms with van der Waals surface area (Å²) in [4.78, 5) is 35.6. The number of nitrogens with one attached hydrogen (secondary N) is 2. The molecule has 2 aromatic carbocycles. The van der Waals surface area contributed by atoms with Gasteiger partial charge in [-0.1, -0.05) is 30.3 Å². The minimum atomic E-state index is -0.749. The van der Waals surface area contributed by atoms with Crippen LogP contribution in [0.1, 0.15) is 16.1 Å². The molecule has 0 radical (unpaired) electrons. The number of fused-ring (bicyclic) bond motifs is 1. The maximum absolute atomic E-state index is 12.1. The van der Waals surface area contributed by atoms with Crippen LogP contribution in [0.2, 0.25) is 0 Å². The van der Waals surface area contributed by atoms with Crippen LogP contribution in [0.5, 0.6) is 0 Å². The van der Waals surface area contributed by atoms with Crippen LogP contribution in [0.3, 0.4) is 0 Å². The van der Waals surface area contributed by atoms with Gasteiger partial charge in [0.2, 0.25) is 5.91 Å². The van der Waals surface area contributed by atoms with Crippen molar-refractivity contribution in [1.82, 2.24) is 15.2 Å². The molecule has 0 bridgehead atoms. The summed E-state index contributed by atoms with van der Waals surface area (Å²) in [6.07, 6.45) is 1.67. The van der Waals surface area contributed by atoms with Crippen LogP contribution in [-0.2, 0) is 18.3 Å². The minimum absolute atomic E-state index is 0.105. The predicted octanol–water partition coefficient (Wildman–Crippen LogP) is 2.37. The van der Waals surface area contributed by atoms with E-state index in [4.69, 9.17) is 8.83 Å². The van der Waals surface area contributed by atoms with Gasteiger partial charge in [-0.25, -0.2) is 4.79 Å². The summed E-state index contributed by atoms with van der Waals surface area (Å²) in [6, 6.07) is 17.5. The molecule has 4 rings (SSSR count). The fourth-order valence-electron chi connectivity index (χ4n) is 3.40. The molecule has 2 N–H and O–H groups in total. The first-order valence-corrected chi connectivity index (χ1v) is 10.1. The average molecular weight is 444 g/mol. The third kappa shape index (κ3) is 4.85. The maximum atomic E-state index is 12.1. The van der Waals surface area contributed by atoms with Crippen molar-refractivity contribution in [3.8, 4) is 17.2 Å². The summed E-state index contributed by atoms with van der Waals surface area (Å²) in [5.41, 5.74) is 3.95. The number of aryl methyl sites for hydroxylation is 1. The Morgan fingerprint density at radius 1 is 1.12 bits per heavy atom. The Morgan fingerprint density at radius 3 is 2.58 bits per heavy atom. The van der Waals surface area contributed by atoms with Crippen LogP contribution in [0.15, 0.2) is 74.5 Å². The lowest BCUT2D eigenvalue weighted by Gasteiger charge is -2.12. The topological polar surface area (TPSA) is 130 Å². The first kappa shape index (κ1) is 21.6. The molecule has 166 valence electrons. The lowest BCUT2D eigenvalue weighted by atomic mass is 10.0. The van der Waals surface area contributed by atoms with E-state index in [-0.39, 0.29) is 12.3 Å². The molecule has 33 heavy (non-hydrogen) atoms. The summed E-state index contributed by atoms with van der Waals surface area (Å²) in [6.45, 7) is -0.268. The van der Waals surface area contributed by atoms with E-state index in [9.17, 15) is 19.6 Å². The largest absolute Gasteiger partial charge is 0.459 e. The van der Waals surface area contributed by atoms with E-state index in [0.717, 1.165) is 16.7 Å². The number of benzene rings is 2. The number of carbonyl (C=O) groups is 2. The Bertz CT molecular complexity index is 1390. The van der Waals surface area contributed by atoms with Crippen molar-refractivity contribution in [3.63, 3.8) is 0 Å². The minimum Gasteiger partial charge on any atom is -0.459 e. The highest BCUT2D eigenvalue weighted by Gasteiger charge is 2.15. The molecule has 2 aromatic heterocycles. The summed E-state index contributed by atoms with van der Waals surface area (Å²) < 4.78 is 11.6. The Labute approximate surface area is 188 Å². The van der Waals surface area contributed by atoms with Crippen molar-refractivity contribution in [3.05, 3.63) is 82.7 Å². The molecule has 2 heterocycles. The van der Waals surface area contributed by atoms with Crippen LogP contribution in [0.25, 0.3) is 22.2 Å². The molecule has 0 saturated heterocycles. The highest BCUT2D eigenvalue weighted by Crippen LogP contribution is 2.24. The summed E-state index contributed by atoms with van der Waals surface area (Å²) in [5.74, 6) is -1.29. The number of furan rings is 1. The molecule has 1 atom stereocenters. The van der Waals surface area contributed by atoms with Gasteiger partial charge in [-0.15, -0.1) is 0 Å². The maximum Gasteiger partial charge on any atom is 0.419 e. The molecular formula is C24H20N4O5. The Kier molecular flexibility index (Phi) is 6.09. The number of rotatable bonds is 7. The zero-order chi connectivity index (χ0) is 23.4. The molecule has 0 unspecified atom stereocenters. The van der Waals surface area contributed by atoms with E-state index in [1.807, 2.05) is 36.4 Å². The second-order valence-electron chi connectivity index (χ2n) is 7.42. The van der Waals surface area contributed by atoms with Gasteiger partial charge in [0.15, 0.2) is 11.3 Å². The van der Waals surface area contributed by atoms with Gasteiger partial charge in [-0.05, 0) is 41.0 Å². The molecule has 0 aliphatic carbocycles. The molecule has 0 fully saturated rings. The van der Waals surface area contributed by atoms with E-state index < -0.39 is 23.6 Å². The van der Waals surface area contributed by atoms with Crippen molar-refractivity contribution in [2.24, 2.45) is 7.05 Å². The van der Waals surface area contributed by atoms with E-state index in [1.54, 1.807) is 19.2 Å². The SMILES string of the molecule is Cn1c(=O)oc2ccc(-c3ccc(C[C@@H](C#N)NC(=O)CNC(=O)c4ccco4)cc3)cc21. The first-order chi connectivity index (χ1) is 15.9. The van der Waals surface area contributed by atoms with Crippen molar-refractivity contribution >= 4 is 22.9 Å². The molecule has 0 spiro atoms. The Morgan fingerprint density at radius 2 is 1.88 bits per heavy atom. The fraction of sp³-hybridized carbons (Fsp3) is 0.167. The van der Waals surface area contributed by atoms with Gasteiger partial charge in [0.25, 0.3) is 5.91 Å². The smallest absolute Gasteiger partial charge is 0.419 e. The van der Waals surface area contributed by atoms with E-state index in [1.165, 1.54) is 16.9 Å². The number of aromatic nitrogens is 1. The number of hydrogen-bond donors (Lipinski definition) is 2. The van der Waals surface area contributed by atoms with E-state index >= 15 is 0 Å². The second-order valence-corrected chi connectivity index (χ2v) is 7.42. The lowest BCUT2D eigenvalue weighted by Crippen LogP contribution is -2.42. The number of hydrogen-bond acceptors (Lipinski definition) is 6. The molecule has 0 aliphatic heterocycles. The monoisotopic (exact) mass is 444 g/mol. The van der Waals surface area contributed by atoms with Gasteiger partial charge in [0.05, 0.1) is 24.4 Å². The standard InChI is InChI=1S/C24H20N4O5/c1-28-19-12-17(8-9-20(19)33-24(28)31)16-6-4-15(5-7-16)11-18(13-25)27-22(29)14-26-23(30)21-3-2-10-32-21/h2-10,12,18H,11,14H2,1H3,(H,26,30)(H,27,29)/t18-/m0/s1. The third-order valence-electron chi connectivity index (χ3n) is 5.16. The summed E-state index contributed by atoms with van der Waals surface area (Å²) in [7, 11) is 1.65. The van der Waals surface area contributed by atoms with Crippen LogP contribution in [-0.4, -0.2) is 29.0 Å². The van der Waals surface area contributed by atoms with Crippen molar-refractivity contribution < 1.29 is 18.4 Å². The molecule has 2 amide bonds. The predicted molar refractivity (Wildman–Crippen MR) is 119 cm³/mol. The third-order valence-corrected chi connectivity index (χ3v) is 5.16. The molecule has 9 heteroatoms. The molecular weight excluding hydrogens is 424 g/mol. The fourth-order valence-corrected chi connectivity index (χ4v) is 3.40. The highest BCUT2D eigenvalue weighted by atomic mass is 16.4. The van der Waals surface area contributed by atoms with Crippen LogP contribution >= 0.6 is 0 Å². The average Bonchev–Trinajstić information content (AvgIpc) is 3.46. The second kappa shape index (κ2) is 9.28. The number of carbonyl (C=O) groups excluding carboxylic acids is 2. The van der Waals surface area contributed by atoms with Gasteiger partial charge in [-0.2, -0.15) is 5.26 Å². The van der Waals surface area contributed by atoms with Crippen molar-refractivity contribution in [2.75, 3.05) is 6.54 Å². The van der Waals surface area contributed by atoms with Crippen molar-refractivity contribution in [1.29, 1.82) is 5.26 Å². The van der Waals surface area contributed by atoms with Crippen molar-refractivity contribution in [2.45, 2.75) is 12.5 Å². The summed E-state index contributed by atoms with van der Waals surface area (Å²) in [5, 5.41) is 14.5. The zero-order valence-corrected chi connectivity index (χ0v) is 17.7. The van der Waals surface area contributed by atoms with E-state index in [2.05, 4.69) is 16.7 Å². The zero-order valence-electron chi connectivity index (χ0n) is 17.7. The van der Waals surface area contributed by atoms with Crippen LogP contribution < -0.4 is 16.4 Å². The first-order valence-electron chi connectivity index (χ1n) is 10.1. The quantitative estimate of drug-likeness (QED) is 0.450. The van der Waals surface area contributed by atoms with Gasteiger partial charge in [0, 0.05) is 13.5 Å². The summed E-state index contributed by atoms with van der Waals surface area (Å²) >= 11 is 0. The molecule has 4 aromatic rings. The molecule has 9 nitrogen and oxygen atoms in total. The van der Waals surface area contributed by atoms with Gasteiger partial charge >= 0.3 is 5.76 Å². The lowest BCUT2D eigenvalue weighted by molar-refractivity contribution is -0.120. The number of nitriles is 1. The number of nitrogens with zero attached hydrogens (tertiary/aromatic N) is 2. The van der Waals surface area contributed by atoms with E-state index in [0.29, 0.717) is 17.5 Å². The molecule has 0 saturated carbocycles. The normalized spacial score (nSPS) is 11.6. The Balaban J connectivity index is 1.36.